The summed E-state index contributed by atoms with van der Waals surface area (Å²) in [5.41, 5.74) is 4.91. The number of anilines is 2. The monoisotopic (exact) mass is 376 g/mol. The van der Waals surface area contributed by atoms with E-state index in [0.717, 1.165) is 33.1 Å². The van der Waals surface area contributed by atoms with Crippen LogP contribution in [0.4, 0.5) is 10.7 Å². The lowest BCUT2D eigenvalue weighted by atomic mass is 10.1. The number of hydrogen-bond donors (Lipinski definition) is 2. The Morgan fingerprint density at radius 3 is 2.56 bits per heavy atom. The van der Waals surface area contributed by atoms with Crippen molar-refractivity contribution in [3.63, 3.8) is 0 Å². The van der Waals surface area contributed by atoms with Crippen LogP contribution in [-0.2, 0) is 11.2 Å². The maximum Gasteiger partial charge on any atom is 0.341 e. The normalized spacial score (nSPS) is 10.4. The molecule has 1 heterocycles. The number of aryl methyl sites for hydroxylation is 2. The molecule has 0 amide bonds. The van der Waals surface area contributed by atoms with Crippen molar-refractivity contribution in [2.24, 2.45) is 0 Å². The fourth-order valence-electron chi connectivity index (χ4n) is 2.65. The van der Waals surface area contributed by atoms with E-state index in [1.165, 1.54) is 16.9 Å². The van der Waals surface area contributed by atoms with Crippen LogP contribution < -0.4 is 10.6 Å². The van der Waals surface area contributed by atoms with Crippen molar-refractivity contribution in [2.45, 2.75) is 41.0 Å². The van der Waals surface area contributed by atoms with Crippen LogP contribution in [0.3, 0.4) is 0 Å². The average Bonchev–Trinajstić information content (AvgIpc) is 2.87. The molecule has 0 saturated carbocycles. The van der Waals surface area contributed by atoms with E-state index in [1.807, 2.05) is 32.9 Å². The largest absolute Gasteiger partial charge is 0.462 e. The molecule has 0 aliphatic carbocycles. The molecule has 1 aromatic heterocycles. The van der Waals surface area contributed by atoms with E-state index in [1.54, 1.807) is 0 Å². The Morgan fingerprint density at radius 2 is 1.92 bits per heavy atom. The van der Waals surface area contributed by atoms with Crippen molar-refractivity contribution in [2.75, 3.05) is 17.2 Å². The third-order valence-corrected chi connectivity index (χ3v) is 5.39. The van der Waals surface area contributed by atoms with Gasteiger partial charge in [-0.15, -0.1) is 11.3 Å². The molecule has 2 N–H and O–H groups in total. The lowest BCUT2D eigenvalue weighted by molar-refractivity contribution is 0.0527. The summed E-state index contributed by atoms with van der Waals surface area (Å²) in [4.78, 5) is 13.5. The summed E-state index contributed by atoms with van der Waals surface area (Å²) in [6.45, 7) is 10.3. The first-order valence-corrected chi connectivity index (χ1v) is 9.55. The van der Waals surface area contributed by atoms with E-state index in [9.17, 15) is 4.79 Å². The molecule has 0 fully saturated rings. The predicted molar refractivity (Wildman–Crippen MR) is 110 cm³/mol. The Hall–Kier alpha value is -1.92. The molecular formula is C19H24N2O2S2. The highest BCUT2D eigenvalue weighted by atomic mass is 32.1. The number of carbonyl (C=O) groups is 1. The molecule has 0 atom stereocenters. The Balaban J connectivity index is 2.26. The number of rotatable bonds is 5. The number of ether oxygens (including phenoxy) is 1. The van der Waals surface area contributed by atoms with Gasteiger partial charge in [0.25, 0.3) is 0 Å². The van der Waals surface area contributed by atoms with Gasteiger partial charge in [-0.2, -0.15) is 0 Å². The highest BCUT2D eigenvalue weighted by Crippen LogP contribution is 2.34. The Morgan fingerprint density at radius 1 is 1.20 bits per heavy atom. The van der Waals surface area contributed by atoms with E-state index < -0.39 is 0 Å². The lowest BCUT2D eigenvalue weighted by Crippen LogP contribution is -2.21. The maximum atomic E-state index is 12.4. The first-order chi connectivity index (χ1) is 11.9. The number of hydrogen-bond acceptors (Lipinski definition) is 4. The van der Waals surface area contributed by atoms with Crippen LogP contribution in [-0.4, -0.2) is 17.7 Å². The van der Waals surface area contributed by atoms with Gasteiger partial charge in [0.15, 0.2) is 5.11 Å². The van der Waals surface area contributed by atoms with Gasteiger partial charge in [0.05, 0.1) is 12.2 Å². The summed E-state index contributed by atoms with van der Waals surface area (Å²) in [7, 11) is 0. The lowest BCUT2D eigenvalue weighted by Gasteiger charge is -2.14. The summed E-state index contributed by atoms with van der Waals surface area (Å²) in [6.07, 6.45) is 0.773. The van der Waals surface area contributed by atoms with Crippen LogP contribution in [0.1, 0.15) is 45.8 Å². The fourth-order valence-corrected chi connectivity index (χ4v) is 4.07. The average molecular weight is 377 g/mol. The van der Waals surface area contributed by atoms with E-state index >= 15 is 0 Å². The topological polar surface area (TPSA) is 50.4 Å². The van der Waals surface area contributed by atoms with Crippen LogP contribution in [0, 0.1) is 20.8 Å². The standard InChI is InChI=1S/C19H24N2O2S2/c1-6-14-13(5)25-17(16(14)18(22)23-7-2)21-19(24)20-15-10-8-9-11(3)12(15)4/h8-10H,6-7H2,1-5H3,(H2,20,21,24). The second kappa shape index (κ2) is 8.45. The third-order valence-electron chi connectivity index (χ3n) is 4.12. The molecule has 25 heavy (non-hydrogen) atoms. The zero-order valence-electron chi connectivity index (χ0n) is 15.3. The summed E-state index contributed by atoms with van der Waals surface area (Å²) in [5, 5.41) is 7.59. The van der Waals surface area contributed by atoms with Gasteiger partial charge in [-0.05, 0) is 69.1 Å². The molecule has 0 bridgehead atoms. The van der Waals surface area contributed by atoms with Gasteiger partial charge >= 0.3 is 5.97 Å². The van der Waals surface area contributed by atoms with Crippen LogP contribution in [0.15, 0.2) is 18.2 Å². The molecule has 0 aliphatic rings. The molecule has 6 heteroatoms. The van der Waals surface area contributed by atoms with Gasteiger partial charge in [0.2, 0.25) is 0 Å². The zero-order chi connectivity index (χ0) is 18.6. The number of thiocarbonyl (C=S) groups is 1. The number of nitrogens with one attached hydrogen (secondary N) is 2. The molecule has 0 unspecified atom stereocenters. The van der Waals surface area contributed by atoms with Crippen molar-refractivity contribution in [3.8, 4) is 0 Å². The predicted octanol–water partition coefficient (Wildman–Crippen LogP) is 5.22. The van der Waals surface area contributed by atoms with Crippen LogP contribution >= 0.6 is 23.6 Å². The van der Waals surface area contributed by atoms with Gasteiger partial charge in [-0.25, -0.2) is 4.79 Å². The highest BCUT2D eigenvalue weighted by Gasteiger charge is 2.22. The molecule has 2 rings (SSSR count). The molecule has 1 aromatic carbocycles. The van der Waals surface area contributed by atoms with Crippen molar-refractivity contribution < 1.29 is 9.53 Å². The third kappa shape index (κ3) is 4.38. The number of esters is 1. The Labute approximate surface area is 158 Å². The van der Waals surface area contributed by atoms with Crippen LogP contribution in [0.2, 0.25) is 0 Å². The van der Waals surface area contributed by atoms with Crippen molar-refractivity contribution in [1.82, 2.24) is 0 Å². The highest BCUT2D eigenvalue weighted by molar-refractivity contribution is 7.80. The minimum absolute atomic E-state index is 0.305. The van der Waals surface area contributed by atoms with E-state index in [4.69, 9.17) is 17.0 Å². The molecular weight excluding hydrogens is 352 g/mol. The second-order valence-corrected chi connectivity index (χ2v) is 7.37. The first-order valence-electron chi connectivity index (χ1n) is 8.32. The summed E-state index contributed by atoms with van der Waals surface area (Å²) < 4.78 is 5.22. The quantitative estimate of drug-likeness (QED) is 0.553. The fraction of sp³-hybridized carbons (Fsp3) is 0.368. The van der Waals surface area contributed by atoms with Crippen molar-refractivity contribution >= 4 is 45.3 Å². The molecule has 0 saturated heterocycles. The Bertz CT molecular complexity index is 797. The van der Waals surface area contributed by atoms with Gasteiger partial charge < -0.3 is 15.4 Å². The molecule has 134 valence electrons. The minimum atomic E-state index is -0.305. The summed E-state index contributed by atoms with van der Waals surface area (Å²) >= 11 is 6.98. The van der Waals surface area contributed by atoms with Crippen LogP contribution in [0.5, 0.6) is 0 Å². The van der Waals surface area contributed by atoms with Crippen molar-refractivity contribution in [1.29, 1.82) is 0 Å². The molecule has 2 aromatic rings. The molecule has 0 aliphatic heterocycles. The van der Waals surface area contributed by atoms with Crippen LogP contribution in [0.25, 0.3) is 0 Å². The number of thiophene rings is 1. The molecule has 4 nitrogen and oxygen atoms in total. The van der Waals surface area contributed by atoms with Gasteiger partial charge in [-0.3, -0.25) is 0 Å². The first kappa shape index (κ1) is 19.4. The zero-order valence-corrected chi connectivity index (χ0v) is 16.9. The minimum Gasteiger partial charge on any atom is -0.462 e. The summed E-state index contributed by atoms with van der Waals surface area (Å²) in [5.74, 6) is -0.305. The maximum absolute atomic E-state index is 12.4. The van der Waals surface area contributed by atoms with Gasteiger partial charge in [-0.1, -0.05) is 19.1 Å². The summed E-state index contributed by atoms with van der Waals surface area (Å²) in [6, 6.07) is 6.04. The van der Waals surface area contributed by atoms with Gasteiger partial charge in [0, 0.05) is 10.6 Å². The Kier molecular flexibility index (Phi) is 6.56. The number of carbonyl (C=O) groups excluding carboxylic acids is 1. The number of benzene rings is 1. The SMILES string of the molecule is CCOC(=O)c1c(NC(=S)Nc2cccc(C)c2C)sc(C)c1CC. The van der Waals surface area contributed by atoms with Crippen molar-refractivity contribution in [3.05, 3.63) is 45.3 Å². The van der Waals surface area contributed by atoms with E-state index in [2.05, 4.69) is 30.5 Å². The van der Waals surface area contributed by atoms with E-state index in [0.29, 0.717) is 17.3 Å². The second-order valence-electron chi connectivity index (χ2n) is 5.74. The molecule has 0 radical (unpaired) electrons. The molecule has 0 spiro atoms. The van der Waals surface area contributed by atoms with E-state index in [-0.39, 0.29) is 5.97 Å². The van der Waals surface area contributed by atoms with Gasteiger partial charge in [0.1, 0.15) is 5.00 Å². The smallest absolute Gasteiger partial charge is 0.341 e.